The maximum atomic E-state index is 14.2. The Morgan fingerprint density at radius 2 is 1.43 bits per heavy atom. The SMILES string of the molecule is O=C(CCCN1C(=O)c2ccccc2C1=O)Oc1ccc2c(=O)c(-c3cccc4ccccc34)c(C(F)(F)F)oc2c1. The van der Waals surface area contributed by atoms with E-state index < -0.39 is 46.3 Å². The number of imide groups is 1. The molecule has 42 heavy (non-hydrogen) atoms. The van der Waals surface area contributed by atoms with E-state index in [0.717, 1.165) is 11.0 Å². The number of carbonyl (C=O) groups excluding carboxylic acids is 3. The van der Waals surface area contributed by atoms with E-state index in [-0.39, 0.29) is 36.1 Å². The number of rotatable bonds is 6. The average molecular weight is 572 g/mol. The summed E-state index contributed by atoms with van der Waals surface area (Å²) in [7, 11) is 0. The van der Waals surface area contributed by atoms with Crippen LogP contribution in [0.2, 0.25) is 0 Å². The number of nitrogens with zero attached hydrogens (tertiary/aromatic N) is 1. The molecular formula is C32H20F3NO6. The van der Waals surface area contributed by atoms with Crippen LogP contribution < -0.4 is 10.2 Å². The minimum absolute atomic E-state index is 0.0140. The monoisotopic (exact) mass is 571 g/mol. The van der Waals surface area contributed by atoms with Gasteiger partial charge in [-0.1, -0.05) is 54.6 Å². The van der Waals surface area contributed by atoms with Gasteiger partial charge in [-0.2, -0.15) is 13.2 Å². The van der Waals surface area contributed by atoms with Gasteiger partial charge in [0, 0.05) is 19.0 Å². The Morgan fingerprint density at radius 3 is 2.14 bits per heavy atom. The molecule has 0 unspecified atom stereocenters. The molecule has 0 saturated carbocycles. The minimum atomic E-state index is -4.99. The van der Waals surface area contributed by atoms with Crippen LogP contribution in [-0.4, -0.2) is 29.2 Å². The van der Waals surface area contributed by atoms with Crippen LogP contribution in [-0.2, 0) is 11.0 Å². The second-order valence-electron chi connectivity index (χ2n) is 9.70. The number of hydrogen-bond acceptors (Lipinski definition) is 6. The number of alkyl halides is 3. The average Bonchev–Trinajstić information content (AvgIpc) is 3.21. The molecule has 0 bridgehead atoms. The van der Waals surface area contributed by atoms with Crippen molar-refractivity contribution < 1.29 is 36.7 Å². The van der Waals surface area contributed by atoms with Crippen LogP contribution in [0.1, 0.15) is 39.3 Å². The Labute approximate surface area is 235 Å². The molecule has 1 aromatic heterocycles. The molecule has 10 heteroatoms. The Kier molecular flexibility index (Phi) is 6.61. The van der Waals surface area contributed by atoms with Gasteiger partial charge in [-0.05, 0) is 47.0 Å². The molecule has 4 aromatic carbocycles. The van der Waals surface area contributed by atoms with E-state index in [4.69, 9.17) is 9.15 Å². The molecule has 1 aliphatic rings. The van der Waals surface area contributed by atoms with E-state index in [2.05, 4.69) is 0 Å². The summed E-state index contributed by atoms with van der Waals surface area (Å²) in [5, 5.41) is 1.01. The molecule has 0 fully saturated rings. The highest BCUT2D eigenvalue weighted by Gasteiger charge is 2.40. The molecule has 0 saturated heterocycles. The third-order valence-electron chi connectivity index (χ3n) is 7.05. The molecule has 2 heterocycles. The Morgan fingerprint density at radius 1 is 0.786 bits per heavy atom. The highest BCUT2D eigenvalue weighted by Crippen LogP contribution is 2.40. The number of esters is 1. The Balaban J connectivity index is 1.24. The largest absolute Gasteiger partial charge is 0.450 e. The van der Waals surface area contributed by atoms with Crippen molar-refractivity contribution in [2.75, 3.05) is 6.54 Å². The predicted octanol–water partition coefficient (Wildman–Crippen LogP) is 6.61. The second-order valence-corrected chi connectivity index (χ2v) is 9.70. The van der Waals surface area contributed by atoms with Crippen LogP contribution in [0.4, 0.5) is 13.2 Å². The van der Waals surface area contributed by atoms with Crippen LogP contribution in [0.5, 0.6) is 5.75 Å². The van der Waals surface area contributed by atoms with E-state index in [1.165, 1.54) is 18.2 Å². The van der Waals surface area contributed by atoms with Gasteiger partial charge in [0.15, 0.2) is 0 Å². The zero-order valence-corrected chi connectivity index (χ0v) is 21.7. The van der Waals surface area contributed by atoms with Crippen molar-refractivity contribution in [2.45, 2.75) is 19.0 Å². The molecule has 0 spiro atoms. The summed E-state index contributed by atoms with van der Waals surface area (Å²) in [6.45, 7) is -0.0140. The summed E-state index contributed by atoms with van der Waals surface area (Å²) in [6, 6.07) is 21.5. The van der Waals surface area contributed by atoms with Gasteiger partial charge in [0.2, 0.25) is 11.2 Å². The summed E-state index contributed by atoms with van der Waals surface area (Å²) in [5.41, 5.74) is -1.20. The van der Waals surface area contributed by atoms with Crippen molar-refractivity contribution in [3.63, 3.8) is 0 Å². The lowest BCUT2D eigenvalue weighted by atomic mass is 9.96. The van der Waals surface area contributed by atoms with Gasteiger partial charge in [-0.25, -0.2) is 0 Å². The molecule has 0 radical (unpaired) electrons. The first kappa shape index (κ1) is 26.9. The minimum Gasteiger partial charge on any atom is -0.450 e. The molecule has 0 atom stereocenters. The molecule has 7 nitrogen and oxygen atoms in total. The van der Waals surface area contributed by atoms with E-state index in [0.29, 0.717) is 21.9 Å². The van der Waals surface area contributed by atoms with Gasteiger partial charge in [-0.15, -0.1) is 0 Å². The van der Waals surface area contributed by atoms with Crippen molar-refractivity contribution in [1.29, 1.82) is 0 Å². The third-order valence-corrected chi connectivity index (χ3v) is 7.05. The van der Waals surface area contributed by atoms with E-state index in [1.807, 2.05) is 0 Å². The summed E-state index contributed by atoms with van der Waals surface area (Å²) < 4.78 is 53.1. The number of amides is 2. The zero-order valence-electron chi connectivity index (χ0n) is 21.7. The second kappa shape index (κ2) is 10.3. The van der Waals surface area contributed by atoms with Crippen LogP contribution in [0.3, 0.4) is 0 Å². The van der Waals surface area contributed by atoms with E-state index in [1.54, 1.807) is 60.7 Å². The van der Waals surface area contributed by atoms with Gasteiger partial charge in [0.1, 0.15) is 11.3 Å². The fourth-order valence-corrected chi connectivity index (χ4v) is 5.13. The van der Waals surface area contributed by atoms with Crippen molar-refractivity contribution >= 4 is 39.5 Å². The molecule has 0 N–H and O–H groups in total. The van der Waals surface area contributed by atoms with Gasteiger partial charge >= 0.3 is 12.1 Å². The fraction of sp³-hybridized carbons (Fsp3) is 0.125. The van der Waals surface area contributed by atoms with E-state index >= 15 is 0 Å². The van der Waals surface area contributed by atoms with Crippen molar-refractivity contribution in [3.05, 3.63) is 112 Å². The van der Waals surface area contributed by atoms with Crippen molar-refractivity contribution in [1.82, 2.24) is 4.90 Å². The van der Waals surface area contributed by atoms with Gasteiger partial charge in [0.05, 0.1) is 22.1 Å². The molecule has 6 rings (SSSR count). The lowest BCUT2D eigenvalue weighted by Gasteiger charge is -2.15. The summed E-state index contributed by atoms with van der Waals surface area (Å²) >= 11 is 0. The number of hydrogen-bond donors (Lipinski definition) is 0. The highest BCUT2D eigenvalue weighted by atomic mass is 19.4. The highest BCUT2D eigenvalue weighted by molar-refractivity contribution is 6.21. The van der Waals surface area contributed by atoms with Gasteiger partial charge in [-0.3, -0.25) is 24.1 Å². The maximum absolute atomic E-state index is 14.2. The number of fused-ring (bicyclic) bond motifs is 3. The first-order chi connectivity index (χ1) is 20.1. The Hall–Kier alpha value is -5.25. The molecule has 2 amide bonds. The van der Waals surface area contributed by atoms with Crippen molar-refractivity contribution in [2.24, 2.45) is 0 Å². The quantitative estimate of drug-likeness (QED) is 0.129. The third kappa shape index (κ3) is 4.70. The molecule has 210 valence electrons. The van der Waals surface area contributed by atoms with Crippen LogP contribution in [0, 0.1) is 0 Å². The van der Waals surface area contributed by atoms with Crippen molar-refractivity contribution in [3.8, 4) is 16.9 Å². The maximum Gasteiger partial charge on any atom is 0.450 e. The topological polar surface area (TPSA) is 93.9 Å². The van der Waals surface area contributed by atoms with Gasteiger partial charge in [0.25, 0.3) is 11.8 Å². The smallest absolute Gasteiger partial charge is 0.450 e. The summed E-state index contributed by atoms with van der Waals surface area (Å²) in [5.74, 6) is -3.21. The lowest BCUT2D eigenvalue weighted by Crippen LogP contribution is -2.31. The molecule has 5 aromatic rings. The number of carbonyl (C=O) groups is 3. The first-order valence-corrected chi connectivity index (χ1v) is 13.0. The number of benzene rings is 4. The number of ether oxygens (including phenoxy) is 1. The molecule has 1 aliphatic heterocycles. The standard InChI is InChI=1S/C32H20F3NO6/c33-32(34,35)29-27(21-12-5-8-18-7-1-2-9-20(18)21)28(38)24-15-14-19(17-25(24)42-29)41-26(37)13-6-16-36-30(39)22-10-3-4-11-23(22)31(36)40/h1-5,7-12,14-15,17H,6,13,16H2. The molecular weight excluding hydrogens is 551 g/mol. The van der Waals surface area contributed by atoms with Gasteiger partial charge < -0.3 is 9.15 Å². The predicted molar refractivity (Wildman–Crippen MR) is 147 cm³/mol. The number of halogens is 3. The fourth-order valence-electron chi connectivity index (χ4n) is 5.13. The summed E-state index contributed by atoms with van der Waals surface area (Å²) in [6.07, 6.45) is -5.06. The normalized spacial score (nSPS) is 13.2. The zero-order chi connectivity index (χ0) is 29.6. The Bertz CT molecular complexity index is 1940. The molecule has 0 aliphatic carbocycles. The first-order valence-electron chi connectivity index (χ1n) is 13.0. The van der Waals surface area contributed by atoms with Crippen LogP contribution in [0.15, 0.2) is 94.1 Å². The van der Waals surface area contributed by atoms with Crippen LogP contribution >= 0.6 is 0 Å². The lowest BCUT2D eigenvalue weighted by molar-refractivity contribution is -0.152. The van der Waals surface area contributed by atoms with E-state index in [9.17, 15) is 32.3 Å². The summed E-state index contributed by atoms with van der Waals surface area (Å²) in [4.78, 5) is 51.9. The van der Waals surface area contributed by atoms with Crippen LogP contribution in [0.25, 0.3) is 32.9 Å².